The number of hydrogen-bond acceptors (Lipinski definition) is 4. The number of benzene rings is 1. The second kappa shape index (κ2) is 6.91. The average molecular weight is 292 g/mol. The van der Waals surface area contributed by atoms with Crippen LogP contribution >= 0.6 is 11.6 Å². The molecule has 2 rings (SSSR count). The molecule has 0 aliphatic heterocycles. The maximum Gasteiger partial charge on any atom is 0.171 e. The third-order valence-electron chi connectivity index (χ3n) is 2.73. The van der Waals surface area contributed by atoms with Crippen LogP contribution in [0, 0.1) is 0 Å². The van der Waals surface area contributed by atoms with Crippen molar-refractivity contribution in [3.05, 3.63) is 52.8 Å². The SMILES string of the molecule is COc1cc(Cl)cc(C=O)c1OCCc1ccccn1. The minimum Gasteiger partial charge on any atom is -0.493 e. The summed E-state index contributed by atoms with van der Waals surface area (Å²) in [6.07, 6.45) is 3.07. The molecule has 0 atom stereocenters. The Morgan fingerprint density at radius 3 is 2.85 bits per heavy atom. The van der Waals surface area contributed by atoms with Gasteiger partial charge in [-0.25, -0.2) is 0 Å². The van der Waals surface area contributed by atoms with Crippen LogP contribution in [0.25, 0.3) is 0 Å². The van der Waals surface area contributed by atoms with Gasteiger partial charge in [-0.3, -0.25) is 9.78 Å². The van der Waals surface area contributed by atoms with Crippen molar-refractivity contribution < 1.29 is 14.3 Å². The van der Waals surface area contributed by atoms with Crippen molar-refractivity contribution in [2.45, 2.75) is 6.42 Å². The number of pyridine rings is 1. The molecule has 0 unspecified atom stereocenters. The quantitative estimate of drug-likeness (QED) is 0.767. The van der Waals surface area contributed by atoms with Gasteiger partial charge in [-0.15, -0.1) is 0 Å². The molecule has 1 heterocycles. The van der Waals surface area contributed by atoms with E-state index in [9.17, 15) is 4.79 Å². The zero-order valence-corrected chi connectivity index (χ0v) is 11.8. The number of hydrogen-bond donors (Lipinski definition) is 0. The zero-order valence-electron chi connectivity index (χ0n) is 11.0. The third kappa shape index (κ3) is 3.48. The maximum atomic E-state index is 11.1. The van der Waals surface area contributed by atoms with Gasteiger partial charge in [0.15, 0.2) is 17.8 Å². The molecule has 0 aliphatic rings. The van der Waals surface area contributed by atoms with Gasteiger partial charge in [0, 0.05) is 29.4 Å². The summed E-state index contributed by atoms with van der Waals surface area (Å²) in [6.45, 7) is 0.399. The van der Waals surface area contributed by atoms with E-state index in [2.05, 4.69) is 4.98 Å². The van der Waals surface area contributed by atoms with Crippen molar-refractivity contribution in [2.24, 2.45) is 0 Å². The Bertz CT molecular complexity index is 587. The van der Waals surface area contributed by atoms with Crippen molar-refractivity contribution in [1.29, 1.82) is 0 Å². The van der Waals surface area contributed by atoms with E-state index in [4.69, 9.17) is 21.1 Å². The van der Waals surface area contributed by atoms with E-state index in [1.165, 1.54) is 7.11 Å². The molecular weight excluding hydrogens is 278 g/mol. The lowest BCUT2D eigenvalue weighted by Crippen LogP contribution is -2.05. The van der Waals surface area contributed by atoms with E-state index in [0.717, 1.165) is 5.69 Å². The van der Waals surface area contributed by atoms with E-state index in [0.29, 0.717) is 41.4 Å². The van der Waals surface area contributed by atoms with Crippen molar-refractivity contribution in [2.75, 3.05) is 13.7 Å². The van der Waals surface area contributed by atoms with E-state index < -0.39 is 0 Å². The van der Waals surface area contributed by atoms with Gasteiger partial charge in [0.05, 0.1) is 19.3 Å². The summed E-state index contributed by atoms with van der Waals surface area (Å²) in [5.41, 5.74) is 1.29. The van der Waals surface area contributed by atoms with Gasteiger partial charge in [0.2, 0.25) is 0 Å². The van der Waals surface area contributed by atoms with Crippen LogP contribution in [0.1, 0.15) is 16.1 Å². The van der Waals surface area contributed by atoms with Crippen LogP contribution in [-0.4, -0.2) is 25.0 Å². The fourth-order valence-electron chi connectivity index (χ4n) is 1.79. The summed E-state index contributed by atoms with van der Waals surface area (Å²) in [6, 6.07) is 8.86. The van der Waals surface area contributed by atoms with E-state index >= 15 is 0 Å². The lowest BCUT2D eigenvalue weighted by molar-refractivity contribution is 0.111. The molecule has 0 spiro atoms. The summed E-state index contributed by atoms with van der Waals surface area (Å²) in [7, 11) is 1.51. The highest BCUT2D eigenvalue weighted by molar-refractivity contribution is 6.31. The minimum absolute atomic E-state index is 0.371. The topological polar surface area (TPSA) is 48.4 Å². The molecule has 0 N–H and O–H groups in total. The smallest absolute Gasteiger partial charge is 0.171 e. The first kappa shape index (κ1) is 14.3. The number of carbonyl (C=O) groups is 1. The summed E-state index contributed by atoms with van der Waals surface area (Å²) in [5.74, 6) is 0.850. The Morgan fingerprint density at radius 1 is 1.35 bits per heavy atom. The van der Waals surface area contributed by atoms with Crippen LogP contribution in [0.4, 0.5) is 0 Å². The first-order valence-corrected chi connectivity index (χ1v) is 6.48. The molecule has 0 amide bonds. The molecule has 0 saturated carbocycles. The van der Waals surface area contributed by atoms with Crippen LogP contribution < -0.4 is 9.47 Å². The van der Waals surface area contributed by atoms with Crippen LogP contribution in [0.15, 0.2) is 36.5 Å². The van der Waals surface area contributed by atoms with Gasteiger partial charge in [-0.1, -0.05) is 17.7 Å². The second-order valence-corrected chi connectivity index (χ2v) is 4.50. The molecule has 2 aromatic rings. The van der Waals surface area contributed by atoms with E-state index in [-0.39, 0.29) is 0 Å². The molecule has 104 valence electrons. The van der Waals surface area contributed by atoms with Crippen LogP contribution in [-0.2, 0) is 6.42 Å². The number of ether oxygens (including phenoxy) is 2. The van der Waals surface area contributed by atoms with Gasteiger partial charge in [-0.05, 0) is 18.2 Å². The predicted molar refractivity (Wildman–Crippen MR) is 76.8 cm³/mol. The fourth-order valence-corrected chi connectivity index (χ4v) is 2.00. The molecule has 0 aliphatic carbocycles. The van der Waals surface area contributed by atoms with Crippen LogP contribution in [0.2, 0.25) is 5.02 Å². The number of methoxy groups -OCH3 is 1. The van der Waals surface area contributed by atoms with E-state index in [1.807, 2.05) is 18.2 Å². The summed E-state index contributed by atoms with van der Waals surface area (Å²) in [5, 5.41) is 0.432. The normalized spacial score (nSPS) is 10.1. The maximum absolute atomic E-state index is 11.1. The number of aromatic nitrogens is 1. The highest BCUT2D eigenvalue weighted by atomic mass is 35.5. The molecule has 5 heteroatoms. The Labute approximate surface area is 122 Å². The highest BCUT2D eigenvalue weighted by Crippen LogP contribution is 2.33. The predicted octanol–water partition coefficient (Wildman–Crippen LogP) is 3.18. The largest absolute Gasteiger partial charge is 0.493 e. The van der Waals surface area contributed by atoms with Crippen LogP contribution in [0.5, 0.6) is 11.5 Å². The minimum atomic E-state index is 0.371. The lowest BCUT2D eigenvalue weighted by Gasteiger charge is -2.13. The van der Waals surface area contributed by atoms with Crippen molar-refractivity contribution in [3.63, 3.8) is 0 Å². The Balaban J connectivity index is 2.10. The number of carbonyl (C=O) groups excluding carboxylic acids is 1. The Morgan fingerprint density at radius 2 is 2.20 bits per heavy atom. The molecule has 1 aromatic heterocycles. The van der Waals surface area contributed by atoms with Crippen molar-refractivity contribution in [3.8, 4) is 11.5 Å². The van der Waals surface area contributed by atoms with Gasteiger partial charge >= 0.3 is 0 Å². The van der Waals surface area contributed by atoms with Crippen molar-refractivity contribution in [1.82, 2.24) is 4.98 Å². The first-order valence-electron chi connectivity index (χ1n) is 6.10. The summed E-state index contributed by atoms with van der Waals surface area (Å²) >= 11 is 5.90. The molecule has 1 aromatic carbocycles. The molecule has 0 bridgehead atoms. The van der Waals surface area contributed by atoms with Gasteiger partial charge in [0.25, 0.3) is 0 Å². The van der Waals surface area contributed by atoms with E-state index in [1.54, 1.807) is 18.3 Å². The molecule has 0 fully saturated rings. The fraction of sp³-hybridized carbons (Fsp3) is 0.200. The Hall–Kier alpha value is -2.07. The molecule has 0 radical (unpaired) electrons. The summed E-state index contributed by atoms with van der Waals surface area (Å²) < 4.78 is 10.8. The van der Waals surface area contributed by atoms with Gasteiger partial charge in [0.1, 0.15) is 0 Å². The molecule has 20 heavy (non-hydrogen) atoms. The number of aldehydes is 1. The standard InChI is InChI=1S/C15H14ClNO3/c1-19-14-9-12(16)8-11(10-18)15(14)20-7-5-13-4-2-3-6-17-13/h2-4,6,8-10H,5,7H2,1H3. The highest BCUT2D eigenvalue weighted by Gasteiger charge is 2.12. The first-order chi connectivity index (χ1) is 9.74. The number of nitrogens with zero attached hydrogens (tertiary/aromatic N) is 1. The summed E-state index contributed by atoms with van der Waals surface area (Å²) in [4.78, 5) is 15.3. The third-order valence-corrected chi connectivity index (χ3v) is 2.94. The zero-order chi connectivity index (χ0) is 14.4. The lowest BCUT2D eigenvalue weighted by atomic mass is 10.2. The van der Waals surface area contributed by atoms with Crippen LogP contribution in [0.3, 0.4) is 0 Å². The van der Waals surface area contributed by atoms with Gasteiger partial charge in [-0.2, -0.15) is 0 Å². The monoisotopic (exact) mass is 291 g/mol. The number of rotatable bonds is 6. The second-order valence-electron chi connectivity index (χ2n) is 4.06. The van der Waals surface area contributed by atoms with Gasteiger partial charge < -0.3 is 9.47 Å². The molecule has 4 nitrogen and oxygen atoms in total. The molecule has 0 saturated heterocycles. The Kier molecular flexibility index (Phi) is 4.96. The number of halogens is 1. The van der Waals surface area contributed by atoms with Crippen molar-refractivity contribution >= 4 is 17.9 Å². The molecular formula is C15H14ClNO3. The average Bonchev–Trinajstić information content (AvgIpc) is 2.49.